The predicted octanol–water partition coefficient (Wildman–Crippen LogP) is 4.54. The summed E-state index contributed by atoms with van der Waals surface area (Å²) >= 11 is 3.51. The van der Waals surface area contributed by atoms with Crippen molar-refractivity contribution in [2.45, 2.75) is 45.4 Å². The van der Waals surface area contributed by atoms with Crippen LogP contribution in [-0.2, 0) is 11.2 Å². The number of amides is 1. The average Bonchev–Trinajstić information content (AvgIpc) is 2.58. The maximum atomic E-state index is 10.5. The van der Waals surface area contributed by atoms with E-state index >= 15 is 0 Å². The molecule has 2 rings (SSSR count). The van der Waals surface area contributed by atoms with E-state index in [1.165, 1.54) is 12.8 Å². The number of unbranched alkanes of at least 4 members (excludes halogenated alkanes) is 3. The van der Waals surface area contributed by atoms with Gasteiger partial charge in [0.05, 0.1) is 12.1 Å². The highest BCUT2D eigenvalue weighted by Gasteiger charge is 2.08. The number of aromatic nitrogens is 1. The monoisotopic (exact) mass is 417 g/mol. The molecule has 2 aromatic rings. The fourth-order valence-electron chi connectivity index (χ4n) is 2.66. The van der Waals surface area contributed by atoms with Gasteiger partial charge >= 0.3 is 6.09 Å². The van der Waals surface area contributed by atoms with Crippen LogP contribution in [0.15, 0.2) is 22.7 Å². The van der Waals surface area contributed by atoms with E-state index < -0.39 is 6.09 Å². The zero-order valence-electron chi connectivity index (χ0n) is 15.0. The minimum absolute atomic E-state index is 0.281. The van der Waals surface area contributed by atoms with E-state index in [9.17, 15) is 4.79 Å². The molecule has 138 valence electrons. The maximum absolute atomic E-state index is 10.5. The van der Waals surface area contributed by atoms with E-state index in [0.717, 1.165) is 39.3 Å². The standard InChI is InChI=1S/C20H24BrN3O2/c1-2-3-5-9-15-12-17-14(8-6-4-7-10-26-20(23)25)11-16(21)13-18(17)24-19(15)22/h11-13H,2-5,7,9-10H2,1H3,(H2,22,24)(H2,23,25). The first-order valence-corrected chi connectivity index (χ1v) is 9.60. The molecule has 0 aliphatic rings. The second-order valence-electron chi connectivity index (χ2n) is 6.08. The van der Waals surface area contributed by atoms with E-state index in [-0.39, 0.29) is 6.61 Å². The van der Waals surface area contributed by atoms with Gasteiger partial charge in [-0.1, -0.05) is 47.5 Å². The minimum atomic E-state index is -0.754. The maximum Gasteiger partial charge on any atom is 0.404 e. The van der Waals surface area contributed by atoms with Crippen LogP contribution in [0.3, 0.4) is 0 Å². The molecule has 1 aromatic carbocycles. The molecule has 1 heterocycles. The van der Waals surface area contributed by atoms with Crippen LogP contribution in [0.1, 0.15) is 50.2 Å². The van der Waals surface area contributed by atoms with Crippen molar-refractivity contribution in [2.75, 3.05) is 12.3 Å². The summed E-state index contributed by atoms with van der Waals surface area (Å²) in [5, 5.41) is 1.01. The number of anilines is 1. The number of primary amides is 1. The molecule has 1 aromatic heterocycles. The average molecular weight is 418 g/mol. The van der Waals surface area contributed by atoms with Gasteiger partial charge in [-0.2, -0.15) is 0 Å². The largest absolute Gasteiger partial charge is 0.450 e. The van der Waals surface area contributed by atoms with Gasteiger partial charge in [-0.05, 0) is 43.0 Å². The van der Waals surface area contributed by atoms with Crippen LogP contribution in [0.25, 0.3) is 10.9 Å². The van der Waals surface area contributed by atoms with E-state index in [2.05, 4.69) is 45.7 Å². The van der Waals surface area contributed by atoms with Crippen LogP contribution in [0, 0.1) is 11.8 Å². The highest BCUT2D eigenvalue weighted by Crippen LogP contribution is 2.26. The van der Waals surface area contributed by atoms with Gasteiger partial charge in [-0.3, -0.25) is 0 Å². The number of rotatable bonds is 7. The normalized spacial score (nSPS) is 10.4. The zero-order valence-corrected chi connectivity index (χ0v) is 16.6. The fraction of sp³-hybridized carbons (Fsp3) is 0.400. The molecule has 6 heteroatoms. The Hall–Kier alpha value is -2.26. The van der Waals surface area contributed by atoms with E-state index in [0.29, 0.717) is 18.7 Å². The van der Waals surface area contributed by atoms with Gasteiger partial charge in [0.2, 0.25) is 0 Å². The molecule has 5 nitrogen and oxygen atoms in total. The molecule has 0 aliphatic carbocycles. The molecule has 0 unspecified atom stereocenters. The first-order valence-electron chi connectivity index (χ1n) is 8.81. The third-order valence-electron chi connectivity index (χ3n) is 3.97. The topological polar surface area (TPSA) is 91.2 Å². The van der Waals surface area contributed by atoms with Crippen molar-refractivity contribution in [3.63, 3.8) is 0 Å². The Balaban J connectivity index is 2.22. The Labute approximate surface area is 162 Å². The number of halogens is 1. The molecule has 0 fully saturated rings. The summed E-state index contributed by atoms with van der Waals surface area (Å²) in [6.45, 7) is 2.46. The Kier molecular flexibility index (Phi) is 7.73. The van der Waals surface area contributed by atoms with Crippen LogP contribution < -0.4 is 11.5 Å². The fourth-order valence-corrected chi connectivity index (χ4v) is 3.10. The first kappa shape index (κ1) is 20.1. The summed E-state index contributed by atoms with van der Waals surface area (Å²) in [5.74, 6) is 6.91. The zero-order chi connectivity index (χ0) is 18.9. The van der Waals surface area contributed by atoms with Crippen LogP contribution in [-0.4, -0.2) is 17.7 Å². The number of nitrogens with zero attached hydrogens (tertiary/aromatic N) is 1. The van der Waals surface area contributed by atoms with E-state index in [1.54, 1.807) is 0 Å². The van der Waals surface area contributed by atoms with Crippen molar-refractivity contribution >= 4 is 38.7 Å². The van der Waals surface area contributed by atoms with Gasteiger partial charge < -0.3 is 16.2 Å². The van der Waals surface area contributed by atoms with Crippen molar-refractivity contribution < 1.29 is 9.53 Å². The molecule has 0 saturated heterocycles. The van der Waals surface area contributed by atoms with Crippen molar-refractivity contribution in [1.82, 2.24) is 4.98 Å². The number of pyridine rings is 1. The van der Waals surface area contributed by atoms with Crippen molar-refractivity contribution in [1.29, 1.82) is 0 Å². The number of benzene rings is 1. The summed E-state index contributed by atoms with van der Waals surface area (Å²) < 4.78 is 5.61. The van der Waals surface area contributed by atoms with Crippen molar-refractivity contribution in [2.24, 2.45) is 5.73 Å². The molecule has 0 atom stereocenters. The predicted molar refractivity (Wildman–Crippen MR) is 109 cm³/mol. The molecular weight excluding hydrogens is 394 g/mol. The number of aryl methyl sites for hydroxylation is 1. The van der Waals surface area contributed by atoms with Crippen LogP contribution in [0.5, 0.6) is 0 Å². The Morgan fingerprint density at radius 2 is 2.08 bits per heavy atom. The van der Waals surface area contributed by atoms with E-state index in [4.69, 9.17) is 16.2 Å². The number of ether oxygens (including phenoxy) is 1. The van der Waals surface area contributed by atoms with Gasteiger partial charge in [0, 0.05) is 21.8 Å². The molecular formula is C20H24BrN3O2. The third kappa shape index (κ3) is 5.92. The number of nitrogens with two attached hydrogens (primary N) is 2. The second kappa shape index (κ2) is 10.0. The summed E-state index contributed by atoms with van der Waals surface area (Å²) in [6, 6.07) is 6.05. The van der Waals surface area contributed by atoms with Gasteiger partial charge in [0.15, 0.2) is 0 Å². The number of hydrogen-bond acceptors (Lipinski definition) is 4. The lowest BCUT2D eigenvalue weighted by molar-refractivity contribution is 0.156. The lowest BCUT2D eigenvalue weighted by Crippen LogP contribution is -2.13. The molecule has 4 N–H and O–H groups in total. The SMILES string of the molecule is CCCCCc1cc2c(C#CCCCOC(N)=O)cc(Br)cc2nc1N. The summed E-state index contributed by atoms with van der Waals surface area (Å²) in [6.07, 6.45) is 4.89. The van der Waals surface area contributed by atoms with Crippen LogP contribution in [0.4, 0.5) is 10.6 Å². The Morgan fingerprint density at radius 1 is 1.27 bits per heavy atom. The van der Waals surface area contributed by atoms with Crippen LogP contribution in [0.2, 0.25) is 0 Å². The molecule has 0 saturated carbocycles. The summed E-state index contributed by atoms with van der Waals surface area (Å²) in [7, 11) is 0. The van der Waals surface area contributed by atoms with Gasteiger partial charge in [0.1, 0.15) is 5.82 Å². The van der Waals surface area contributed by atoms with Gasteiger partial charge in [-0.15, -0.1) is 0 Å². The Bertz CT molecular complexity index is 840. The first-order chi connectivity index (χ1) is 12.5. The second-order valence-corrected chi connectivity index (χ2v) is 7.00. The minimum Gasteiger partial charge on any atom is -0.450 e. The number of hydrogen-bond donors (Lipinski definition) is 2. The van der Waals surface area contributed by atoms with Gasteiger partial charge in [0.25, 0.3) is 0 Å². The molecule has 0 aliphatic heterocycles. The number of carbonyl (C=O) groups is 1. The van der Waals surface area contributed by atoms with Crippen molar-refractivity contribution in [3.8, 4) is 11.8 Å². The van der Waals surface area contributed by atoms with Crippen molar-refractivity contribution in [3.05, 3.63) is 33.8 Å². The smallest absolute Gasteiger partial charge is 0.404 e. The van der Waals surface area contributed by atoms with Gasteiger partial charge in [-0.25, -0.2) is 9.78 Å². The number of nitrogen functional groups attached to an aromatic ring is 1. The molecule has 0 spiro atoms. The van der Waals surface area contributed by atoms with E-state index in [1.807, 2.05) is 12.1 Å². The third-order valence-corrected chi connectivity index (χ3v) is 4.43. The quantitative estimate of drug-likeness (QED) is 0.510. The number of carbonyl (C=O) groups excluding carboxylic acids is 1. The highest BCUT2D eigenvalue weighted by atomic mass is 79.9. The molecule has 0 bridgehead atoms. The lowest BCUT2D eigenvalue weighted by atomic mass is 10.0. The summed E-state index contributed by atoms with van der Waals surface area (Å²) in [4.78, 5) is 15.1. The summed E-state index contributed by atoms with van der Waals surface area (Å²) in [5.41, 5.74) is 13.9. The highest BCUT2D eigenvalue weighted by molar-refractivity contribution is 9.10. The lowest BCUT2D eigenvalue weighted by Gasteiger charge is -2.09. The molecule has 1 amide bonds. The number of fused-ring (bicyclic) bond motifs is 1. The van der Waals surface area contributed by atoms with Crippen LogP contribution >= 0.6 is 15.9 Å². The molecule has 0 radical (unpaired) electrons. The molecule has 26 heavy (non-hydrogen) atoms. The Morgan fingerprint density at radius 3 is 2.81 bits per heavy atom.